The topological polar surface area (TPSA) is 101 Å². The van der Waals surface area contributed by atoms with Crippen molar-refractivity contribution in [3.63, 3.8) is 0 Å². The third-order valence-corrected chi connectivity index (χ3v) is 8.20. The van der Waals surface area contributed by atoms with Crippen molar-refractivity contribution < 1.29 is 9.53 Å². The maximum absolute atomic E-state index is 13.1. The first-order valence-corrected chi connectivity index (χ1v) is 14.3. The molecule has 4 aromatic rings. The summed E-state index contributed by atoms with van der Waals surface area (Å²) in [6.07, 6.45) is 8.88. The molecule has 3 heterocycles. The average Bonchev–Trinajstić information content (AvgIpc) is 3.41. The maximum Gasteiger partial charge on any atom is 0.228 e. The van der Waals surface area contributed by atoms with Gasteiger partial charge in [-0.15, -0.1) is 0 Å². The third-order valence-electron chi connectivity index (χ3n) is 8.20. The summed E-state index contributed by atoms with van der Waals surface area (Å²) in [6, 6.07) is 16.1. The first-order valence-electron chi connectivity index (χ1n) is 14.3. The molecular weight excluding hydrogens is 500 g/mol. The lowest BCUT2D eigenvalue weighted by Crippen LogP contribution is -2.38. The van der Waals surface area contributed by atoms with Crippen LogP contribution in [0.2, 0.25) is 0 Å². The Hall–Kier alpha value is -4.04. The molecule has 2 fully saturated rings. The Morgan fingerprint density at radius 1 is 0.975 bits per heavy atom. The van der Waals surface area contributed by atoms with Crippen LogP contribution in [0.1, 0.15) is 44.6 Å². The molecule has 1 aliphatic carbocycles. The number of hydrogen-bond acceptors (Lipinski definition) is 7. The number of carbonyl (C=O) groups is 1. The van der Waals surface area contributed by atoms with Crippen molar-refractivity contribution in [2.24, 2.45) is 11.8 Å². The van der Waals surface area contributed by atoms with Crippen LogP contribution in [0.4, 0.5) is 11.6 Å². The summed E-state index contributed by atoms with van der Waals surface area (Å²) in [5.74, 6) is 2.36. The standard InChI is InChI=1S/C32H36N6O2/c1-20-7-3-9-23(20)30(39)37-27-12-4-10-25-24(27)14-13-21(2)29(25)40-31-26(11-6-17-34-31)28-15-18-35-32(38-28)36-22-8-5-16-33-19-22/h4,6,10-15,17-18,20,22-23,33H,3,5,7-9,16,19H2,1-2H3,(H,37,39)(H,35,36,38)/t20?,22-,23?/m0/s1. The highest BCUT2D eigenvalue weighted by Crippen LogP contribution is 2.39. The minimum Gasteiger partial charge on any atom is -0.437 e. The van der Waals surface area contributed by atoms with E-state index in [1.807, 2.05) is 55.5 Å². The van der Waals surface area contributed by atoms with Gasteiger partial charge in [-0.3, -0.25) is 4.79 Å². The fraction of sp³-hybridized carbons (Fsp3) is 0.375. The number of carbonyl (C=O) groups excluding carboxylic acids is 1. The number of fused-ring (bicyclic) bond motifs is 1. The number of amides is 1. The number of nitrogens with zero attached hydrogens (tertiary/aromatic N) is 3. The van der Waals surface area contributed by atoms with Crippen LogP contribution in [0.3, 0.4) is 0 Å². The normalized spacial score (nSPS) is 20.8. The fourth-order valence-corrected chi connectivity index (χ4v) is 5.94. The number of aromatic nitrogens is 3. The van der Waals surface area contributed by atoms with Gasteiger partial charge in [0.25, 0.3) is 0 Å². The van der Waals surface area contributed by atoms with Crippen LogP contribution < -0.4 is 20.7 Å². The molecule has 8 heteroatoms. The van der Waals surface area contributed by atoms with Crippen LogP contribution in [0.15, 0.2) is 60.9 Å². The van der Waals surface area contributed by atoms with Gasteiger partial charge in [-0.25, -0.2) is 15.0 Å². The van der Waals surface area contributed by atoms with E-state index in [1.54, 1.807) is 12.4 Å². The Kier molecular flexibility index (Phi) is 7.60. The molecule has 40 heavy (non-hydrogen) atoms. The lowest BCUT2D eigenvalue weighted by Gasteiger charge is -2.23. The van der Waals surface area contributed by atoms with Gasteiger partial charge in [0, 0.05) is 47.4 Å². The highest BCUT2D eigenvalue weighted by Gasteiger charge is 2.30. The molecule has 206 valence electrons. The second-order valence-corrected chi connectivity index (χ2v) is 11.0. The molecule has 3 atom stereocenters. The Bertz CT molecular complexity index is 1520. The van der Waals surface area contributed by atoms with Gasteiger partial charge in [0.2, 0.25) is 17.7 Å². The van der Waals surface area contributed by atoms with Crippen LogP contribution in [0.5, 0.6) is 11.6 Å². The fourth-order valence-electron chi connectivity index (χ4n) is 5.94. The van der Waals surface area contributed by atoms with E-state index in [-0.39, 0.29) is 11.8 Å². The van der Waals surface area contributed by atoms with E-state index in [4.69, 9.17) is 9.72 Å². The van der Waals surface area contributed by atoms with Crippen LogP contribution in [0, 0.1) is 18.8 Å². The minimum atomic E-state index is 0.0640. The molecule has 2 unspecified atom stereocenters. The summed E-state index contributed by atoms with van der Waals surface area (Å²) in [4.78, 5) is 26.9. The number of ether oxygens (including phenoxy) is 1. The predicted octanol–water partition coefficient (Wildman–Crippen LogP) is 6.33. The SMILES string of the molecule is Cc1ccc2c(NC(=O)C3CCCC3C)cccc2c1Oc1ncccc1-c1ccnc(N[C@H]2CCCNC2)n1. The van der Waals surface area contributed by atoms with Gasteiger partial charge in [-0.05, 0) is 74.9 Å². The molecule has 3 N–H and O–H groups in total. The number of nitrogens with one attached hydrogen (secondary N) is 3. The average molecular weight is 537 g/mol. The largest absolute Gasteiger partial charge is 0.437 e. The van der Waals surface area contributed by atoms with Crippen molar-refractivity contribution in [2.75, 3.05) is 23.7 Å². The molecular formula is C32H36N6O2. The summed E-state index contributed by atoms with van der Waals surface area (Å²) in [7, 11) is 0. The van der Waals surface area contributed by atoms with Crippen LogP contribution >= 0.6 is 0 Å². The Balaban J connectivity index is 1.30. The zero-order chi connectivity index (χ0) is 27.5. The zero-order valence-electron chi connectivity index (χ0n) is 23.1. The first-order chi connectivity index (χ1) is 19.6. The van der Waals surface area contributed by atoms with E-state index in [2.05, 4.69) is 32.8 Å². The predicted molar refractivity (Wildman–Crippen MR) is 159 cm³/mol. The molecule has 6 rings (SSSR count). The Morgan fingerprint density at radius 3 is 2.73 bits per heavy atom. The number of pyridine rings is 1. The van der Waals surface area contributed by atoms with Crippen LogP contribution in [-0.4, -0.2) is 40.0 Å². The molecule has 2 aromatic carbocycles. The van der Waals surface area contributed by atoms with Crippen molar-refractivity contribution in [3.05, 3.63) is 66.5 Å². The van der Waals surface area contributed by atoms with Crippen molar-refractivity contribution in [3.8, 4) is 22.9 Å². The van der Waals surface area contributed by atoms with Crippen LogP contribution in [0.25, 0.3) is 22.0 Å². The van der Waals surface area contributed by atoms with Crippen molar-refractivity contribution >= 4 is 28.3 Å². The third kappa shape index (κ3) is 5.49. The van der Waals surface area contributed by atoms with Gasteiger partial charge >= 0.3 is 0 Å². The second kappa shape index (κ2) is 11.6. The molecule has 0 spiro atoms. The first kappa shape index (κ1) is 26.2. The lowest BCUT2D eigenvalue weighted by molar-refractivity contribution is -0.120. The number of anilines is 2. The molecule has 1 saturated carbocycles. The van der Waals surface area contributed by atoms with Crippen molar-refractivity contribution in [1.82, 2.24) is 20.3 Å². The number of hydrogen-bond donors (Lipinski definition) is 3. The molecule has 8 nitrogen and oxygen atoms in total. The summed E-state index contributed by atoms with van der Waals surface area (Å²) in [5.41, 5.74) is 3.30. The zero-order valence-corrected chi connectivity index (χ0v) is 23.1. The summed E-state index contributed by atoms with van der Waals surface area (Å²) >= 11 is 0. The number of piperidine rings is 1. The quantitative estimate of drug-likeness (QED) is 0.254. The van der Waals surface area contributed by atoms with Gasteiger partial charge in [-0.2, -0.15) is 0 Å². The molecule has 2 aliphatic rings. The summed E-state index contributed by atoms with van der Waals surface area (Å²) in [6.45, 7) is 6.14. The van der Waals surface area contributed by atoms with E-state index in [9.17, 15) is 4.79 Å². The second-order valence-electron chi connectivity index (χ2n) is 11.0. The van der Waals surface area contributed by atoms with E-state index in [1.165, 1.54) is 0 Å². The smallest absolute Gasteiger partial charge is 0.228 e. The monoisotopic (exact) mass is 536 g/mol. The van der Waals surface area contributed by atoms with Gasteiger partial charge < -0.3 is 20.7 Å². The highest BCUT2D eigenvalue weighted by atomic mass is 16.5. The van der Waals surface area contributed by atoms with Crippen molar-refractivity contribution in [2.45, 2.75) is 52.0 Å². The van der Waals surface area contributed by atoms with E-state index in [0.29, 0.717) is 29.5 Å². The van der Waals surface area contributed by atoms with Gasteiger partial charge in [0.1, 0.15) is 5.75 Å². The molecule has 2 aromatic heterocycles. The van der Waals surface area contributed by atoms with Gasteiger partial charge in [0.05, 0.1) is 11.3 Å². The van der Waals surface area contributed by atoms with E-state index < -0.39 is 0 Å². The molecule has 1 amide bonds. The van der Waals surface area contributed by atoms with Crippen molar-refractivity contribution in [1.29, 1.82) is 0 Å². The van der Waals surface area contributed by atoms with Gasteiger partial charge in [-0.1, -0.05) is 37.6 Å². The summed E-state index contributed by atoms with van der Waals surface area (Å²) in [5, 5.41) is 11.9. The Labute approximate surface area is 235 Å². The number of benzene rings is 2. The highest BCUT2D eigenvalue weighted by molar-refractivity contribution is 6.05. The van der Waals surface area contributed by atoms with Crippen LogP contribution in [-0.2, 0) is 4.79 Å². The lowest BCUT2D eigenvalue weighted by atomic mass is 9.97. The summed E-state index contributed by atoms with van der Waals surface area (Å²) < 4.78 is 6.56. The number of aryl methyl sites for hydroxylation is 1. The molecule has 0 radical (unpaired) electrons. The van der Waals surface area contributed by atoms with Gasteiger partial charge in [0.15, 0.2) is 0 Å². The molecule has 0 bridgehead atoms. The molecule has 1 aliphatic heterocycles. The van der Waals surface area contributed by atoms with E-state index in [0.717, 1.165) is 78.5 Å². The van der Waals surface area contributed by atoms with E-state index >= 15 is 0 Å². The maximum atomic E-state index is 13.1. The minimum absolute atomic E-state index is 0.0640. The molecule has 1 saturated heterocycles. The Morgan fingerprint density at radius 2 is 1.90 bits per heavy atom. The number of rotatable bonds is 7.